The van der Waals surface area contributed by atoms with Gasteiger partial charge in [-0.05, 0) is 20.8 Å². The van der Waals surface area contributed by atoms with E-state index in [0.717, 1.165) is 5.71 Å². The van der Waals surface area contributed by atoms with E-state index in [1.54, 1.807) is 7.11 Å². The number of methoxy groups -OCH3 is 1. The molecule has 0 radical (unpaired) electrons. The lowest BCUT2D eigenvalue weighted by molar-refractivity contribution is -0.0810. The molecule has 0 saturated carbocycles. The van der Waals surface area contributed by atoms with Gasteiger partial charge in [0.2, 0.25) is 0 Å². The number of nitrogens with zero attached hydrogens (tertiary/aromatic N) is 1. The van der Waals surface area contributed by atoms with E-state index in [0.29, 0.717) is 13.2 Å². The zero-order valence-electron chi connectivity index (χ0n) is 8.66. The van der Waals surface area contributed by atoms with E-state index in [2.05, 4.69) is 5.16 Å². The average Bonchev–Trinajstić information content (AvgIpc) is 2.31. The van der Waals surface area contributed by atoms with Gasteiger partial charge >= 0.3 is 0 Å². The van der Waals surface area contributed by atoms with Gasteiger partial charge in [-0.2, -0.15) is 0 Å². The van der Waals surface area contributed by atoms with Gasteiger partial charge < -0.3 is 14.3 Å². The largest absolute Gasteiger partial charge is 0.387 e. The fourth-order valence-electron chi connectivity index (χ4n) is 1.36. The highest BCUT2D eigenvalue weighted by atomic mass is 16.7. The van der Waals surface area contributed by atoms with Gasteiger partial charge in [-0.1, -0.05) is 5.16 Å². The van der Waals surface area contributed by atoms with Gasteiger partial charge in [0, 0.05) is 7.11 Å². The third kappa shape index (κ3) is 2.42. The first-order chi connectivity index (χ1) is 6.08. The molecule has 1 aliphatic heterocycles. The number of rotatable bonds is 4. The molecule has 4 nitrogen and oxygen atoms in total. The normalized spacial score (nSPS) is 25.5. The van der Waals surface area contributed by atoms with Crippen LogP contribution in [0, 0.1) is 0 Å². The molecule has 0 aromatic rings. The van der Waals surface area contributed by atoms with Crippen molar-refractivity contribution in [3.05, 3.63) is 0 Å². The summed E-state index contributed by atoms with van der Waals surface area (Å²) in [6, 6.07) is 0. The number of hydrogen-bond donors (Lipinski definition) is 0. The van der Waals surface area contributed by atoms with E-state index in [1.807, 2.05) is 20.8 Å². The molecule has 0 aliphatic carbocycles. The van der Waals surface area contributed by atoms with Crippen molar-refractivity contribution in [2.24, 2.45) is 5.16 Å². The highest BCUT2D eigenvalue weighted by molar-refractivity contribution is 5.88. The van der Waals surface area contributed by atoms with Crippen LogP contribution in [0.3, 0.4) is 0 Å². The topological polar surface area (TPSA) is 40.0 Å². The van der Waals surface area contributed by atoms with E-state index >= 15 is 0 Å². The first-order valence-corrected chi connectivity index (χ1v) is 4.41. The predicted molar refractivity (Wildman–Crippen MR) is 49.9 cm³/mol. The maximum atomic E-state index is 5.59. The van der Waals surface area contributed by atoms with Crippen molar-refractivity contribution < 1.29 is 14.3 Å². The summed E-state index contributed by atoms with van der Waals surface area (Å²) in [5.74, 6) is 0. The second-order valence-electron chi connectivity index (χ2n) is 3.67. The molecule has 1 atom stereocenters. The summed E-state index contributed by atoms with van der Waals surface area (Å²) in [6.07, 6.45) is -0.0531. The highest BCUT2D eigenvalue weighted by Gasteiger charge is 2.40. The maximum absolute atomic E-state index is 5.59. The highest BCUT2D eigenvalue weighted by Crippen LogP contribution is 2.25. The second-order valence-corrected chi connectivity index (χ2v) is 3.67. The van der Waals surface area contributed by atoms with Gasteiger partial charge in [-0.15, -0.1) is 0 Å². The molecule has 1 rings (SSSR count). The van der Waals surface area contributed by atoms with Crippen LogP contribution in [0.15, 0.2) is 5.16 Å². The molecule has 76 valence electrons. The predicted octanol–water partition coefficient (Wildman–Crippen LogP) is 1.20. The van der Waals surface area contributed by atoms with Crippen LogP contribution in [-0.2, 0) is 14.3 Å². The van der Waals surface area contributed by atoms with Crippen LogP contribution in [-0.4, -0.2) is 37.7 Å². The van der Waals surface area contributed by atoms with Gasteiger partial charge in [0.15, 0.2) is 5.60 Å². The summed E-state index contributed by atoms with van der Waals surface area (Å²) in [7, 11) is 1.65. The van der Waals surface area contributed by atoms with Crippen molar-refractivity contribution >= 4 is 5.71 Å². The van der Waals surface area contributed by atoms with Crippen molar-refractivity contribution in [1.29, 1.82) is 0 Å². The van der Waals surface area contributed by atoms with E-state index < -0.39 is 0 Å². The molecule has 0 aromatic heterocycles. The molecule has 0 fully saturated rings. The molecule has 0 amide bonds. The van der Waals surface area contributed by atoms with Gasteiger partial charge in [0.1, 0.15) is 6.10 Å². The minimum absolute atomic E-state index is 0.0531. The van der Waals surface area contributed by atoms with Crippen molar-refractivity contribution in [2.75, 3.05) is 20.3 Å². The standard InChI is InChI=1S/C9H17NO3/c1-7-8(12-6-5-11-4)9(2,3)13-10-7/h8H,5-6H2,1-4H3. The smallest absolute Gasteiger partial charge is 0.163 e. The minimum Gasteiger partial charge on any atom is -0.387 e. The van der Waals surface area contributed by atoms with Crippen molar-refractivity contribution in [1.82, 2.24) is 0 Å². The summed E-state index contributed by atoms with van der Waals surface area (Å²) >= 11 is 0. The van der Waals surface area contributed by atoms with E-state index in [-0.39, 0.29) is 11.7 Å². The van der Waals surface area contributed by atoms with Crippen molar-refractivity contribution in [3.8, 4) is 0 Å². The summed E-state index contributed by atoms with van der Waals surface area (Å²) in [4.78, 5) is 5.22. The average molecular weight is 187 g/mol. The Morgan fingerprint density at radius 1 is 1.46 bits per heavy atom. The number of ether oxygens (including phenoxy) is 2. The fourth-order valence-corrected chi connectivity index (χ4v) is 1.36. The third-order valence-corrected chi connectivity index (χ3v) is 2.01. The molecule has 1 aliphatic rings. The lowest BCUT2D eigenvalue weighted by Gasteiger charge is -2.24. The van der Waals surface area contributed by atoms with Gasteiger partial charge in [-0.25, -0.2) is 0 Å². The molecule has 0 N–H and O–H groups in total. The zero-order chi connectivity index (χ0) is 9.90. The van der Waals surface area contributed by atoms with Gasteiger partial charge in [-0.3, -0.25) is 0 Å². The Labute approximate surface area is 78.8 Å². The lowest BCUT2D eigenvalue weighted by Crippen LogP contribution is -2.40. The van der Waals surface area contributed by atoms with Crippen molar-refractivity contribution in [2.45, 2.75) is 32.5 Å². The van der Waals surface area contributed by atoms with E-state index in [4.69, 9.17) is 14.3 Å². The molecule has 1 unspecified atom stereocenters. The van der Waals surface area contributed by atoms with E-state index in [1.165, 1.54) is 0 Å². The SMILES string of the molecule is COCCOC1C(C)=NOC1(C)C. The van der Waals surface area contributed by atoms with Crippen LogP contribution < -0.4 is 0 Å². The van der Waals surface area contributed by atoms with Crippen LogP contribution in [0.25, 0.3) is 0 Å². The van der Waals surface area contributed by atoms with Gasteiger partial charge in [0.05, 0.1) is 18.9 Å². The molecule has 0 spiro atoms. The van der Waals surface area contributed by atoms with Crippen LogP contribution in [0.2, 0.25) is 0 Å². The summed E-state index contributed by atoms with van der Waals surface area (Å²) < 4.78 is 10.5. The van der Waals surface area contributed by atoms with E-state index in [9.17, 15) is 0 Å². The summed E-state index contributed by atoms with van der Waals surface area (Å²) in [5, 5.41) is 3.90. The monoisotopic (exact) mass is 187 g/mol. The quantitative estimate of drug-likeness (QED) is 0.621. The summed E-state index contributed by atoms with van der Waals surface area (Å²) in [6.45, 7) is 7.00. The molecule has 0 bridgehead atoms. The van der Waals surface area contributed by atoms with Crippen LogP contribution >= 0.6 is 0 Å². The maximum Gasteiger partial charge on any atom is 0.163 e. The number of hydrogen-bond acceptors (Lipinski definition) is 4. The molecular weight excluding hydrogens is 170 g/mol. The Kier molecular flexibility index (Phi) is 3.27. The zero-order valence-corrected chi connectivity index (χ0v) is 8.66. The minimum atomic E-state index is -0.349. The van der Waals surface area contributed by atoms with Crippen LogP contribution in [0.4, 0.5) is 0 Å². The molecule has 4 heteroatoms. The molecule has 13 heavy (non-hydrogen) atoms. The van der Waals surface area contributed by atoms with Crippen molar-refractivity contribution in [3.63, 3.8) is 0 Å². The lowest BCUT2D eigenvalue weighted by atomic mass is 9.99. The Morgan fingerprint density at radius 3 is 2.62 bits per heavy atom. The van der Waals surface area contributed by atoms with Gasteiger partial charge in [0.25, 0.3) is 0 Å². The first-order valence-electron chi connectivity index (χ1n) is 4.41. The first kappa shape index (κ1) is 10.5. The Bertz CT molecular complexity index is 201. The Hall–Kier alpha value is -0.610. The molecule has 0 saturated heterocycles. The van der Waals surface area contributed by atoms with Crippen LogP contribution in [0.5, 0.6) is 0 Å². The Balaban J connectivity index is 2.42. The Morgan fingerprint density at radius 2 is 2.15 bits per heavy atom. The number of oxime groups is 1. The second kappa shape index (κ2) is 4.07. The molecule has 1 heterocycles. The fraction of sp³-hybridized carbons (Fsp3) is 0.889. The van der Waals surface area contributed by atoms with Crippen LogP contribution in [0.1, 0.15) is 20.8 Å². The third-order valence-electron chi connectivity index (χ3n) is 2.01. The molecular formula is C9H17NO3. The summed E-state index contributed by atoms with van der Waals surface area (Å²) in [5.41, 5.74) is 0.541. The molecule has 0 aromatic carbocycles.